The van der Waals surface area contributed by atoms with Crippen LogP contribution in [0.4, 0.5) is 4.39 Å². The number of carbonyl (C=O) groups is 1. The van der Waals surface area contributed by atoms with E-state index in [1.165, 1.54) is 68.1 Å². The Morgan fingerprint density at radius 3 is 2.15 bits per heavy atom. The number of carbonyl (C=O) groups excluding carboxylic acids is 1. The van der Waals surface area contributed by atoms with E-state index in [0.29, 0.717) is 68.6 Å². The van der Waals surface area contributed by atoms with Crippen LogP contribution in [0.5, 0.6) is 0 Å². The molecule has 0 saturated heterocycles. The molecule has 5 fully saturated rings. The van der Waals surface area contributed by atoms with Gasteiger partial charge in [-0.15, -0.1) is 0 Å². The molecule has 7 aliphatic rings. The number of allylic oxidation sites excluding steroid dienone is 5. The topological polar surface area (TPSA) is 78.8 Å². The van der Waals surface area contributed by atoms with Crippen LogP contribution in [0.25, 0.3) is 0 Å². The highest BCUT2D eigenvalue weighted by molar-refractivity contribution is 5.78. The number of rotatable bonds is 10. The average molecular weight is 826 g/mol. The van der Waals surface area contributed by atoms with E-state index in [1.54, 1.807) is 0 Å². The summed E-state index contributed by atoms with van der Waals surface area (Å²) < 4.78 is 20.5. The van der Waals surface area contributed by atoms with Crippen molar-refractivity contribution in [3.63, 3.8) is 0 Å². The van der Waals surface area contributed by atoms with Crippen LogP contribution in [0, 0.1) is 56.2 Å². The van der Waals surface area contributed by atoms with Gasteiger partial charge in [0.15, 0.2) is 0 Å². The van der Waals surface area contributed by atoms with Crippen LogP contribution in [0.3, 0.4) is 0 Å². The van der Waals surface area contributed by atoms with E-state index < -0.39 is 29.3 Å². The second-order valence-electron chi connectivity index (χ2n) is 23.8. The number of esters is 1. The highest BCUT2D eigenvalue weighted by Crippen LogP contribution is 2.80. The third kappa shape index (κ3) is 6.79. The Bertz CT molecular complexity index is 1870. The molecule has 0 aromatic heterocycles. The van der Waals surface area contributed by atoms with E-state index in [0.717, 1.165) is 24.9 Å². The third-order valence-corrected chi connectivity index (χ3v) is 20.6. The molecular weight excluding hydrogens is 746 g/mol. The Morgan fingerprint density at radius 2 is 1.50 bits per heavy atom. The zero-order chi connectivity index (χ0) is 43.2. The van der Waals surface area contributed by atoms with E-state index in [2.05, 4.69) is 72.5 Å². The number of hydrogen-bond donors (Lipinski definition) is 3. The minimum atomic E-state index is -1.10. The van der Waals surface area contributed by atoms with E-state index in [9.17, 15) is 19.4 Å². The van der Waals surface area contributed by atoms with Gasteiger partial charge in [0.2, 0.25) is 0 Å². The van der Waals surface area contributed by atoms with Crippen molar-refractivity contribution in [3.8, 4) is 0 Å². The van der Waals surface area contributed by atoms with Gasteiger partial charge in [0.1, 0.15) is 13.3 Å². The lowest BCUT2D eigenvalue weighted by Gasteiger charge is -2.76. The lowest BCUT2D eigenvalue weighted by atomic mass is 9.29. The summed E-state index contributed by atoms with van der Waals surface area (Å²) in [5.74, 6) is 1.79. The molecule has 10 atom stereocenters. The van der Waals surface area contributed by atoms with Gasteiger partial charge in [-0.25, -0.2) is 4.39 Å². The molecule has 1 aromatic carbocycles. The fourth-order valence-corrected chi connectivity index (χ4v) is 16.6. The first-order valence-corrected chi connectivity index (χ1v) is 24.2. The third-order valence-electron chi connectivity index (χ3n) is 20.6. The maximum absolute atomic E-state index is 14.8. The fourth-order valence-electron chi connectivity index (χ4n) is 16.6. The molecule has 0 amide bonds. The van der Waals surface area contributed by atoms with Gasteiger partial charge in [0, 0.05) is 5.54 Å². The number of ether oxygens (including phenoxy) is 1. The van der Waals surface area contributed by atoms with Crippen LogP contribution < -0.4 is 5.32 Å². The number of alkyl halides is 1. The van der Waals surface area contributed by atoms with Crippen LogP contribution in [-0.2, 0) is 16.1 Å². The molecule has 0 heterocycles. The molecule has 5 saturated carbocycles. The highest BCUT2D eigenvalue weighted by atomic mass is 19.1. The van der Waals surface area contributed by atoms with Crippen molar-refractivity contribution in [2.24, 2.45) is 56.2 Å². The van der Waals surface area contributed by atoms with Crippen molar-refractivity contribution >= 4 is 5.97 Å². The average Bonchev–Trinajstić information content (AvgIpc) is 3.61. The summed E-state index contributed by atoms with van der Waals surface area (Å²) in [4.78, 5) is 13.4. The van der Waals surface area contributed by atoms with Crippen molar-refractivity contribution in [2.75, 3.05) is 13.2 Å². The SMILES string of the molecule is C=C(C)[C@@H]1CC[C@]2(NCCC3(O)CCC(C)(O)CC3)CC[C@]3(C)C(C)(CC[C@@H]4[C@@]5(C)CC=C(C6=CC[C@@](CF)(C(=O)OCc7ccccc7)CC6)C(C)(C)[C@@H]5CC[C@]43C)[C@@H]12. The Labute approximate surface area is 362 Å². The number of aliphatic hydroxyl groups is 2. The standard InChI is InChI=1S/C54H80FNO4/c1-37(2)40-17-26-54(56-34-33-53(59)30-27-47(5,58)28-31-53)32-29-51(9)49(7)22-19-42-46(3,4)41(18-21-48(42,6)43(49)20-23-50(51,8)44(40)54)39-15-24-52(36-55,25-16-39)45(57)60-35-38-13-11-10-12-14-38/h10-15,18,40,42-44,56,58-59H,1,16-17,19-36H2,2-9H3/t40-,42-,43+,44+,47?,48-,49+,50?,51-,52+,53?,54-/m0/s1. The molecule has 6 heteroatoms. The van der Waals surface area contributed by atoms with Crippen molar-refractivity contribution < 1.29 is 24.1 Å². The molecule has 0 radical (unpaired) electrons. The highest BCUT2D eigenvalue weighted by Gasteiger charge is 2.74. The second-order valence-corrected chi connectivity index (χ2v) is 23.8. The molecule has 0 aliphatic heterocycles. The van der Waals surface area contributed by atoms with Gasteiger partial charge < -0.3 is 20.3 Å². The number of hydrogen-bond acceptors (Lipinski definition) is 5. The van der Waals surface area contributed by atoms with Gasteiger partial charge in [-0.3, -0.25) is 4.79 Å². The van der Waals surface area contributed by atoms with E-state index in [1.807, 2.05) is 37.3 Å². The molecule has 3 N–H and O–H groups in total. The molecule has 0 bridgehead atoms. The van der Waals surface area contributed by atoms with Gasteiger partial charge in [-0.1, -0.05) is 96.2 Å². The van der Waals surface area contributed by atoms with E-state index >= 15 is 0 Å². The minimum Gasteiger partial charge on any atom is -0.460 e. The monoisotopic (exact) mass is 826 g/mol. The first kappa shape index (κ1) is 44.3. The number of fused-ring (bicyclic) bond motifs is 7. The Hall–Kier alpha value is -2.28. The van der Waals surface area contributed by atoms with Crippen molar-refractivity contribution in [3.05, 3.63) is 71.3 Å². The predicted octanol–water partition coefficient (Wildman–Crippen LogP) is 12.2. The van der Waals surface area contributed by atoms with Gasteiger partial charge >= 0.3 is 5.97 Å². The van der Waals surface area contributed by atoms with Crippen LogP contribution >= 0.6 is 0 Å². The zero-order valence-corrected chi connectivity index (χ0v) is 38.8. The summed E-state index contributed by atoms with van der Waals surface area (Å²) in [6.07, 6.45) is 20.7. The normalized spacial score (nSPS) is 45.9. The number of benzene rings is 1. The van der Waals surface area contributed by atoms with Gasteiger partial charge in [-0.2, -0.15) is 0 Å². The van der Waals surface area contributed by atoms with Gasteiger partial charge in [0.25, 0.3) is 0 Å². The Kier molecular flexibility index (Phi) is 11.2. The Balaban J connectivity index is 1.02. The smallest absolute Gasteiger partial charge is 0.315 e. The van der Waals surface area contributed by atoms with Crippen molar-refractivity contribution in [1.29, 1.82) is 0 Å². The van der Waals surface area contributed by atoms with Crippen LogP contribution in [0.1, 0.15) is 170 Å². The number of halogens is 1. The first-order chi connectivity index (χ1) is 28.1. The van der Waals surface area contributed by atoms with Gasteiger partial charge in [-0.05, 0) is 197 Å². The molecule has 7 aliphatic carbocycles. The van der Waals surface area contributed by atoms with Crippen LogP contribution in [0.2, 0.25) is 0 Å². The predicted molar refractivity (Wildman–Crippen MR) is 241 cm³/mol. The van der Waals surface area contributed by atoms with Crippen molar-refractivity contribution in [1.82, 2.24) is 5.32 Å². The molecule has 1 aromatic rings. The summed E-state index contributed by atoms with van der Waals surface area (Å²) in [5.41, 5.74) is 3.38. The first-order valence-electron chi connectivity index (χ1n) is 24.2. The zero-order valence-electron chi connectivity index (χ0n) is 38.8. The van der Waals surface area contributed by atoms with E-state index in [4.69, 9.17) is 4.74 Å². The molecular formula is C54H80FNO4. The summed E-state index contributed by atoms with van der Waals surface area (Å²) in [6, 6.07) is 9.68. The van der Waals surface area contributed by atoms with Gasteiger partial charge in [0.05, 0.1) is 16.6 Å². The summed E-state index contributed by atoms with van der Waals surface area (Å²) >= 11 is 0. The van der Waals surface area contributed by atoms with Crippen LogP contribution in [0.15, 0.2) is 65.8 Å². The maximum atomic E-state index is 14.8. The lowest BCUT2D eigenvalue weighted by Crippen LogP contribution is -2.71. The molecule has 332 valence electrons. The minimum absolute atomic E-state index is 0.0221. The maximum Gasteiger partial charge on any atom is 0.315 e. The summed E-state index contributed by atoms with van der Waals surface area (Å²) in [6.45, 7) is 25.0. The largest absolute Gasteiger partial charge is 0.460 e. The lowest BCUT2D eigenvalue weighted by molar-refractivity contribution is -0.257. The van der Waals surface area contributed by atoms with Crippen LogP contribution in [-0.4, -0.2) is 46.1 Å². The molecule has 0 spiro atoms. The Morgan fingerprint density at radius 1 is 0.817 bits per heavy atom. The molecule has 1 unspecified atom stereocenters. The molecule has 60 heavy (non-hydrogen) atoms. The van der Waals surface area contributed by atoms with Crippen molar-refractivity contribution in [2.45, 2.75) is 188 Å². The quantitative estimate of drug-likeness (QED) is 0.162. The molecule has 8 rings (SSSR count). The summed E-state index contributed by atoms with van der Waals surface area (Å²) in [5, 5.41) is 26.4. The summed E-state index contributed by atoms with van der Waals surface area (Å²) in [7, 11) is 0. The fraction of sp³-hybridized carbons (Fsp3) is 0.759. The second kappa shape index (κ2) is 15.2. The molecule has 5 nitrogen and oxygen atoms in total. The number of nitrogens with one attached hydrogen (secondary N) is 1. The van der Waals surface area contributed by atoms with E-state index in [-0.39, 0.29) is 39.2 Å².